The van der Waals surface area contributed by atoms with Crippen LogP contribution in [0.2, 0.25) is 0 Å². The molecule has 0 radical (unpaired) electrons. The number of nitrogen functional groups attached to an aromatic ring is 3. The van der Waals surface area contributed by atoms with Crippen LogP contribution in [-0.4, -0.2) is 34.0 Å². The van der Waals surface area contributed by atoms with Gasteiger partial charge in [0, 0.05) is 35.7 Å². The highest BCUT2D eigenvalue weighted by Crippen LogP contribution is 2.40. The molecule has 0 unspecified atom stereocenters. The number of aliphatic imine (C=N–C) groups is 3. The van der Waals surface area contributed by atoms with Crippen LogP contribution in [0.15, 0.2) is 87.8 Å². The third-order valence-corrected chi connectivity index (χ3v) is 5.24. The Morgan fingerprint density at radius 3 is 0.861 bits per heavy atom. The Kier molecular flexibility index (Phi) is 6.83. The molecular weight excluding hydrogens is 456 g/mol. The lowest BCUT2D eigenvalue weighted by atomic mass is 10.0. The summed E-state index contributed by atoms with van der Waals surface area (Å²) in [5.41, 5.74) is 20.4. The molecule has 0 spiro atoms. The lowest BCUT2D eigenvalue weighted by molar-refractivity contribution is 0.425. The molecular formula is C27H24N6O3. The van der Waals surface area contributed by atoms with Gasteiger partial charge in [-0.25, -0.2) is 0 Å². The fraction of sp³-hybridized carbons (Fsp3) is 0. The molecule has 0 aliphatic rings. The molecule has 9 heteroatoms. The quantitative estimate of drug-likeness (QED) is 0.170. The first-order chi connectivity index (χ1) is 17.3. The summed E-state index contributed by atoms with van der Waals surface area (Å²) in [6.45, 7) is 0. The molecule has 0 fully saturated rings. The van der Waals surface area contributed by atoms with Crippen LogP contribution in [0.4, 0.5) is 34.1 Å². The molecule has 0 aliphatic carbocycles. The number of benzene rings is 4. The van der Waals surface area contributed by atoms with E-state index in [1.165, 1.54) is 18.6 Å². The van der Waals surface area contributed by atoms with Crippen LogP contribution < -0.4 is 17.2 Å². The van der Waals surface area contributed by atoms with E-state index in [0.717, 1.165) is 0 Å². The topological polar surface area (TPSA) is 176 Å². The first-order valence-electron chi connectivity index (χ1n) is 10.8. The van der Waals surface area contributed by atoms with E-state index in [1.807, 2.05) is 0 Å². The van der Waals surface area contributed by atoms with Crippen LogP contribution in [0, 0.1) is 0 Å². The Morgan fingerprint density at radius 1 is 0.417 bits per heavy atom. The second-order valence-electron chi connectivity index (χ2n) is 7.84. The first-order valence-corrected chi connectivity index (χ1v) is 10.8. The summed E-state index contributed by atoms with van der Waals surface area (Å²) in [6.07, 6.45) is 3.87. The van der Waals surface area contributed by atoms with Crippen molar-refractivity contribution in [1.29, 1.82) is 0 Å². The van der Waals surface area contributed by atoms with Gasteiger partial charge in [-0.3, -0.25) is 15.0 Å². The normalized spacial score (nSPS) is 11.7. The van der Waals surface area contributed by atoms with E-state index >= 15 is 0 Å². The van der Waals surface area contributed by atoms with Gasteiger partial charge in [0.25, 0.3) is 0 Å². The number of nitrogens with two attached hydrogens (primary N) is 3. The Labute approximate surface area is 207 Å². The Balaban J connectivity index is 1.81. The molecule has 0 heterocycles. The summed E-state index contributed by atoms with van der Waals surface area (Å²) in [6, 6.07) is 20.2. The number of phenolic OH excluding ortho intramolecular Hbond substituents is 3. The van der Waals surface area contributed by atoms with Crippen molar-refractivity contribution >= 4 is 52.8 Å². The highest BCUT2D eigenvalue weighted by atomic mass is 16.3. The van der Waals surface area contributed by atoms with Crippen LogP contribution >= 0.6 is 0 Å². The van der Waals surface area contributed by atoms with Crippen LogP contribution in [0.3, 0.4) is 0 Å². The number of rotatable bonds is 6. The molecule has 0 amide bonds. The Morgan fingerprint density at radius 2 is 0.639 bits per heavy atom. The smallest absolute Gasteiger partial charge is 0.140 e. The molecule has 0 aromatic heterocycles. The van der Waals surface area contributed by atoms with Crippen molar-refractivity contribution in [3.63, 3.8) is 0 Å². The number of phenols is 3. The van der Waals surface area contributed by atoms with Gasteiger partial charge in [-0.1, -0.05) is 0 Å². The Bertz CT molecular complexity index is 1260. The summed E-state index contributed by atoms with van der Waals surface area (Å²) < 4.78 is 0. The van der Waals surface area contributed by atoms with Crippen LogP contribution in [0.25, 0.3) is 0 Å². The van der Waals surface area contributed by atoms with Gasteiger partial charge in [0.15, 0.2) is 0 Å². The molecule has 0 bridgehead atoms. The van der Waals surface area contributed by atoms with E-state index in [2.05, 4.69) is 15.0 Å². The predicted octanol–water partition coefficient (Wildman–Crippen LogP) is 4.80. The van der Waals surface area contributed by atoms with Crippen molar-refractivity contribution in [2.75, 3.05) is 17.2 Å². The number of hydrogen-bond donors (Lipinski definition) is 6. The third-order valence-electron chi connectivity index (χ3n) is 5.24. The lowest BCUT2D eigenvalue weighted by Gasteiger charge is -2.12. The van der Waals surface area contributed by atoms with Crippen molar-refractivity contribution in [2.45, 2.75) is 0 Å². The standard InChI is InChI=1S/C27H24N6O3/c28-16-1-7-19(8-2-16)31-13-22-25(34)23(14-32-20-9-3-17(29)4-10-20)27(36)24(26(22)35)15-33-21-11-5-18(30)6-12-21/h1-15,34-36H,28-30H2. The SMILES string of the molecule is Nc1ccc(N=Cc2c(O)c(C=Nc3ccc(N)cc3)c(O)c(C=Nc3ccc(N)cc3)c2O)cc1. The highest BCUT2D eigenvalue weighted by Gasteiger charge is 2.21. The van der Waals surface area contributed by atoms with Crippen molar-refractivity contribution < 1.29 is 15.3 Å². The molecule has 36 heavy (non-hydrogen) atoms. The number of aromatic hydroxyl groups is 3. The fourth-order valence-corrected chi connectivity index (χ4v) is 3.24. The van der Waals surface area contributed by atoms with E-state index in [-0.39, 0.29) is 16.7 Å². The van der Waals surface area contributed by atoms with E-state index in [4.69, 9.17) is 17.2 Å². The minimum atomic E-state index is -0.409. The second-order valence-corrected chi connectivity index (χ2v) is 7.84. The van der Waals surface area contributed by atoms with Crippen LogP contribution in [0.1, 0.15) is 16.7 Å². The molecule has 0 aliphatic heterocycles. The molecule has 9 N–H and O–H groups in total. The van der Waals surface area contributed by atoms with Gasteiger partial charge in [-0.2, -0.15) is 0 Å². The van der Waals surface area contributed by atoms with Crippen LogP contribution in [-0.2, 0) is 0 Å². The molecule has 0 atom stereocenters. The van der Waals surface area contributed by atoms with Crippen molar-refractivity contribution in [1.82, 2.24) is 0 Å². The zero-order valence-electron chi connectivity index (χ0n) is 19.1. The van der Waals surface area contributed by atoms with Gasteiger partial charge in [0.1, 0.15) is 17.2 Å². The molecule has 9 nitrogen and oxygen atoms in total. The largest absolute Gasteiger partial charge is 0.506 e. The summed E-state index contributed by atoms with van der Waals surface area (Å²) in [4.78, 5) is 12.9. The Hall–Kier alpha value is -5.31. The van der Waals surface area contributed by atoms with Crippen molar-refractivity contribution in [2.24, 2.45) is 15.0 Å². The molecule has 4 aromatic rings. The van der Waals surface area contributed by atoms with Gasteiger partial charge in [0.2, 0.25) is 0 Å². The number of nitrogens with zero attached hydrogens (tertiary/aromatic N) is 3. The predicted molar refractivity (Wildman–Crippen MR) is 146 cm³/mol. The average molecular weight is 481 g/mol. The van der Waals surface area contributed by atoms with Crippen molar-refractivity contribution in [3.05, 3.63) is 89.5 Å². The van der Waals surface area contributed by atoms with Gasteiger partial charge in [-0.05, 0) is 72.8 Å². The minimum absolute atomic E-state index is 0.0258. The lowest BCUT2D eigenvalue weighted by Crippen LogP contribution is -1.98. The molecule has 0 saturated carbocycles. The van der Waals surface area contributed by atoms with Gasteiger partial charge >= 0.3 is 0 Å². The summed E-state index contributed by atoms with van der Waals surface area (Å²) in [5.74, 6) is -1.23. The molecule has 4 aromatic carbocycles. The first kappa shape index (κ1) is 23.8. The third kappa shape index (κ3) is 5.42. The van der Waals surface area contributed by atoms with Gasteiger partial charge in [0.05, 0.1) is 33.8 Å². The summed E-state index contributed by atoms with van der Waals surface area (Å²) in [7, 11) is 0. The number of hydrogen-bond acceptors (Lipinski definition) is 9. The van der Waals surface area contributed by atoms with Crippen LogP contribution in [0.5, 0.6) is 17.2 Å². The summed E-state index contributed by atoms with van der Waals surface area (Å²) >= 11 is 0. The van der Waals surface area contributed by atoms with Gasteiger partial charge < -0.3 is 32.5 Å². The summed E-state index contributed by atoms with van der Waals surface area (Å²) in [5, 5.41) is 32.8. The van der Waals surface area contributed by atoms with E-state index in [0.29, 0.717) is 34.1 Å². The zero-order valence-corrected chi connectivity index (χ0v) is 19.1. The molecule has 180 valence electrons. The number of anilines is 3. The minimum Gasteiger partial charge on any atom is -0.506 e. The maximum Gasteiger partial charge on any atom is 0.140 e. The highest BCUT2D eigenvalue weighted by molar-refractivity contribution is 6.04. The van der Waals surface area contributed by atoms with Gasteiger partial charge in [-0.15, -0.1) is 0 Å². The average Bonchev–Trinajstić information content (AvgIpc) is 2.87. The van der Waals surface area contributed by atoms with E-state index in [1.54, 1.807) is 72.8 Å². The monoisotopic (exact) mass is 480 g/mol. The zero-order chi connectivity index (χ0) is 25.7. The molecule has 4 rings (SSSR count). The van der Waals surface area contributed by atoms with E-state index < -0.39 is 17.2 Å². The maximum absolute atomic E-state index is 10.9. The molecule has 0 saturated heterocycles. The maximum atomic E-state index is 10.9. The fourth-order valence-electron chi connectivity index (χ4n) is 3.24. The van der Waals surface area contributed by atoms with Crippen molar-refractivity contribution in [3.8, 4) is 17.2 Å². The second kappa shape index (κ2) is 10.3. The van der Waals surface area contributed by atoms with E-state index in [9.17, 15) is 15.3 Å².